The highest BCUT2D eigenvalue weighted by molar-refractivity contribution is 7.91. The molecule has 0 bridgehead atoms. The molecule has 5 nitrogen and oxygen atoms in total. The van der Waals surface area contributed by atoms with Gasteiger partial charge in [0.2, 0.25) is 5.88 Å². The van der Waals surface area contributed by atoms with E-state index in [2.05, 4.69) is 4.98 Å². The van der Waals surface area contributed by atoms with Crippen LogP contribution in [0.1, 0.15) is 18.4 Å². The summed E-state index contributed by atoms with van der Waals surface area (Å²) in [5.74, 6) is 0.526. The van der Waals surface area contributed by atoms with Gasteiger partial charge in [0.05, 0.1) is 30.8 Å². The first-order valence-corrected chi connectivity index (χ1v) is 10.5. The molecular weight excluding hydrogens is 395 g/mol. The summed E-state index contributed by atoms with van der Waals surface area (Å²) in [6, 6.07) is 6.70. The Bertz CT molecular complexity index is 944. The van der Waals surface area contributed by atoms with E-state index in [-0.39, 0.29) is 41.2 Å². The number of rotatable bonds is 6. The van der Waals surface area contributed by atoms with Gasteiger partial charge in [-0.2, -0.15) is 13.2 Å². The Morgan fingerprint density at radius 3 is 2.68 bits per heavy atom. The molecule has 1 aromatic carbocycles. The average Bonchev–Trinajstić information content (AvgIpc) is 2.99. The van der Waals surface area contributed by atoms with Crippen LogP contribution >= 0.6 is 0 Å². The van der Waals surface area contributed by atoms with Gasteiger partial charge in [0, 0.05) is 11.8 Å². The fourth-order valence-electron chi connectivity index (χ4n) is 3.22. The highest BCUT2D eigenvalue weighted by Crippen LogP contribution is 2.37. The third-order valence-corrected chi connectivity index (χ3v) is 6.47. The number of benzene rings is 1. The Kier molecular flexibility index (Phi) is 5.83. The minimum Gasteiger partial charge on any atom is -0.494 e. The van der Waals surface area contributed by atoms with Crippen LogP contribution in [-0.4, -0.2) is 38.6 Å². The second-order valence-electron chi connectivity index (χ2n) is 6.71. The zero-order valence-corrected chi connectivity index (χ0v) is 16.0. The monoisotopic (exact) mass is 415 g/mol. The molecule has 9 heteroatoms. The minimum absolute atomic E-state index is 0.0197. The van der Waals surface area contributed by atoms with E-state index in [0.29, 0.717) is 18.4 Å². The summed E-state index contributed by atoms with van der Waals surface area (Å²) >= 11 is 0. The van der Waals surface area contributed by atoms with Crippen LogP contribution in [0.3, 0.4) is 0 Å². The van der Waals surface area contributed by atoms with Crippen LogP contribution in [0.25, 0.3) is 11.1 Å². The van der Waals surface area contributed by atoms with Crippen molar-refractivity contribution in [2.75, 3.05) is 25.2 Å². The summed E-state index contributed by atoms with van der Waals surface area (Å²) in [5, 5.41) is 0. The molecule has 1 fully saturated rings. The molecule has 0 spiro atoms. The Morgan fingerprint density at radius 1 is 1.25 bits per heavy atom. The first kappa shape index (κ1) is 20.4. The summed E-state index contributed by atoms with van der Waals surface area (Å²) in [4.78, 5) is 4.02. The van der Waals surface area contributed by atoms with Crippen LogP contribution in [0, 0.1) is 5.92 Å². The van der Waals surface area contributed by atoms with Crippen LogP contribution in [0.4, 0.5) is 13.2 Å². The maximum Gasteiger partial charge on any atom is 0.416 e. The number of aromatic nitrogens is 1. The van der Waals surface area contributed by atoms with E-state index < -0.39 is 21.6 Å². The zero-order valence-electron chi connectivity index (χ0n) is 15.2. The Hall–Kier alpha value is -2.29. The van der Waals surface area contributed by atoms with E-state index in [4.69, 9.17) is 9.47 Å². The van der Waals surface area contributed by atoms with E-state index in [0.717, 1.165) is 12.1 Å². The summed E-state index contributed by atoms with van der Waals surface area (Å²) in [6.45, 7) is 0.144. The van der Waals surface area contributed by atoms with E-state index >= 15 is 0 Å². The summed E-state index contributed by atoms with van der Waals surface area (Å²) < 4.78 is 73.7. The first-order chi connectivity index (χ1) is 13.2. The molecule has 2 aromatic rings. The molecule has 0 N–H and O–H groups in total. The maximum absolute atomic E-state index is 13.3. The van der Waals surface area contributed by atoms with Crippen LogP contribution in [0.2, 0.25) is 0 Å². The van der Waals surface area contributed by atoms with Crippen LogP contribution in [0.15, 0.2) is 36.5 Å². The summed E-state index contributed by atoms with van der Waals surface area (Å²) in [5.41, 5.74) is -0.143. The first-order valence-electron chi connectivity index (χ1n) is 8.73. The smallest absolute Gasteiger partial charge is 0.416 e. The zero-order chi connectivity index (χ0) is 20.4. The highest BCUT2D eigenvalue weighted by atomic mass is 32.2. The fraction of sp³-hybridized carbons (Fsp3) is 0.421. The lowest BCUT2D eigenvalue weighted by Crippen LogP contribution is -2.10. The summed E-state index contributed by atoms with van der Waals surface area (Å²) in [7, 11) is -1.60. The van der Waals surface area contributed by atoms with Crippen molar-refractivity contribution < 1.29 is 31.1 Å². The lowest BCUT2D eigenvalue weighted by atomic mass is 10.0. The average molecular weight is 415 g/mol. The molecule has 1 aliphatic rings. The van der Waals surface area contributed by atoms with Crippen molar-refractivity contribution in [1.82, 2.24) is 4.98 Å². The minimum atomic E-state index is -4.54. The van der Waals surface area contributed by atoms with Crippen molar-refractivity contribution in [1.29, 1.82) is 0 Å². The van der Waals surface area contributed by atoms with E-state index in [9.17, 15) is 21.6 Å². The molecule has 1 unspecified atom stereocenters. The lowest BCUT2D eigenvalue weighted by molar-refractivity contribution is -0.137. The molecule has 1 aromatic heterocycles. The highest BCUT2D eigenvalue weighted by Gasteiger charge is 2.32. The third kappa shape index (κ3) is 4.95. The second-order valence-corrected chi connectivity index (χ2v) is 8.94. The number of alkyl halides is 3. The van der Waals surface area contributed by atoms with Gasteiger partial charge in [0.15, 0.2) is 9.84 Å². The van der Waals surface area contributed by atoms with Crippen molar-refractivity contribution in [3.63, 3.8) is 0 Å². The number of hydrogen-bond donors (Lipinski definition) is 0. The summed E-state index contributed by atoms with van der Waals surface area (Å²) in [6.07, 6.45) is -2.01. The third-order valence-electron chi connectivity index (χ3n) is 4.63. The van der Waals surface area contributed by atoms with Gasteiger partial charge in [-0.3, -0.25) is 0 Å². The second kappa shape index (κ2) is 7.98. The molecule has 1 aliphatic heterocycles. The van der Waals surface area contributed by atoms with Crippen LogP contribution in [0.5, 0.6) is 11.6 Å². The quantitative estimate of drug-likeness (QED) is 0.714. The Morgan fingerprint density at radius 2 is 2.04 bits per heavy atom. The van der Waals surface area contributed by atoms with Gasteiger partial charge in [-0.05, 0) is 54.7 Å². The van der Waals surface area contributed by atoms with Gasteiger partial charge in [0.1, 0.15) is 5.75 Å². The lowest BCUT2D eigenvalue weighted by Gasteiger charge is -2.15. The molecule has 2 heterocycles. The van der Waals surface area contributed by atoms with Crippen molar-refractivity contribution in [2.45, 2.75) is 19.0 Å². The molecular formula is C19H20F3NO4S. The fourth-order valence-corrected chi connectivity index (χ4v) is 5.13. The van der Waals surface area contributed by atoms with E-state index in [1.54, 1.807) is 12.1 Å². The molecule has 3 rings (SSSR count). The molecule has 152 valence electrons. The molecule has 0 radical (unpaired) electrons. The normalized spacial score (nSPS) is 18.8. The Labute approximate surface area is 161 Å². The molecule has 0 saturated carbocycles. The Balaban J connectivity index is 1.82. The van der Waals surface area contributed by atoms with Gasteiger partial charge < -0.3 is 9.47 Å². The molecule has 0 amide bonds. The number of halogens is 3. The van der Waals surface area contributed by atoms with Gasteiger partial charge >= 0.3 is 6.18 Å². The van der Waals surface area contributed by atoms with Crippen molar-refractivity contribution in [3.05, 3.63) is 42.1 Å². The predicted molar refractivity (Wildman–Crippen MR) is 98.1 cm³/mol. The van der Waals surface area contributed by atoms with Gasteiger partial charge in [0.25, 0.3) is 0 Å². The topological polar surface area (TPSA) is 65.5 Å². The van der Waals surface area contributed by atoms with Crippen molar-refractivity contribution >= 4 is 9.84 Å². The van der Waals surface area contributed by atoms with Gasteiger partial charge in [-0.15, -0.1) is 0 Å². The molecule has 1 saturated heterocycles. The number of pyridine rings is 1. The molecule has 1 atom stereocenters. The van der Waals surface area contributed by atoms with Crippen LogP contribution < -0.4 is 9.47 Å². The number of sulfone groups is 1. The number of ether oxygens (including phenoxy) is 2. The SMILES string of the molecule is COc1ncccc1-c1cc(OCCC2CCS(=O)(=O)C2)cc(C(F)(F)F)c1. The van der Waals surface area contributed by atoms with E-state index in [1.807, 2.05) is 0 Å². The van der Waals surface area contributed by atoms with Crippen molar-refractivity contribution in [3.8, 4) is 22.8 Å². The van der Waals surface area contributed by atoms with Gasteiger partial charge in [-0.25, -0.2) is 13.4 Å². The van der Waals surface area contributed by atoms with Crippen molar-refractivity contribution in [2.24, 2.45) is 5.92 Å². The largest absolute Gasteiger partial charge is 0.494 e. The maximum atomic E-state index is 13.3. The van der Waals surface area contributed by atoms with Gasteiger partial charge in [-0.1, -0.05) is 0 Å². The van der Waals surface area contributed by atoms with E-state index in [1.165, 1.54) is 19.4 Å². The predicted octanol–water partition coefficient (Wildman–Crippen LogP) is 3.98. The van der Waals surface area contributed by atoms with Crippen LogP contribution in [-0.2, 0) is 16.0 Å². The standard InChI is InChI=1S/C19H20F3NO4S/c1-26-18-17(3-2-6-23-18)14-9-15(19(20,21)22)11-16(10-14)27-7-4-13-5-8-28(24,25)12-13/h2-3,6,9-11,13H,4-5,7-8,12H2,1H3. The molecule has 28 heavy (non-hydrogen) atoms. The number of nitrogens with zero attached hydrogens (tertiary/aromatic N) is 1. The molecule has 0 aliphatic carbocycles. The number of methoxy groups -OCH3 is 1. The number of hydrogen-bond acceptors (Lipinski definition) is 5.